The highest BCUT2D eigenvalue weighted by atomic mass is 16.6. The first-order valence-corrected chi connectivity index (χ1v) is 9.09. The molecule has 128 valence electrons. The van der Waals surface area contributed by atoms with Crippen LogP contribution < -0.4 is 20.4 Å². The molecule has 0 aromatic heterocycles. The van der Waals surface area contributed by atoms with Crippen molar-refractivity contribution in [3.8, 4) is 22.6 Å². The van der Waals surface area contributed by atoms with Gasteiger partial charge in [0, 0.05) is 0 Å². The molecule has 0 spiro atoms. The van der Waals surface area contributed by atoms with Gasteiger partial charge in [-0.15, -0.1) is 0 Å². The molecule has 5 heteroatoms. The molecule has 2 fully saturated rings. The molecule has 3 heterocycles. The molecule has 2 aromatic carbocycles. The summed E-state index contributed by atoms with van der Waals surface area (Å²) in [5.74, 6) is 1.82. The van der Waals surface area contributed by atoms with Crippen LogP contribution in [-0.2, 0) is 9.47 Å². The van der Waals surface area contributed by atoms with Crippen LogP contribution in [-0.4, -0.2) is 45.3 Å². The lowest BCUT2D eigenvalue weighted by molar-refractivity contribution is 0.263. The van der Waals surface area contributed by atoms with Gasteiger partial charge in [0.2, 0.25) is 6.71 Å². The monoisotopic (exact) mass is 336 g/mol. The maximum atomic E-state index is 5.88. The second-order valence-electron chi connectivity index (χ2n) is 6.99. The molecule has 3 aliphatic heterocycles. The lowest BCUT2D eigenvalue weighted by Gasteiger charge is -2.09. The lowest BCUT2D eigenvalue weighted by atomic mass is 9.41. The smallest absolute Gasteiger partial charge is 0.210 e. The second kappa shape index (κ2) is 6.08. The van der Waals surface area contributed by atoms with Gasteiger partial charge in [-0.3, -0.25) is 0 Å². The van der Waals surface area contributed by atoms with E-state index in [0.29, 0.717) is 19.9 Å². The molecule has 5 rings (SSSR count). The van der Waals surface area contributed by atoms with E-state index in [1.165, 1.54) is 22.1 Å². The predicted octanol–water partition coefficient (Wildman–Crippen LogP) is 1.85. The zero-order valence-corrected chi connectivity index (χ0v) is 14.4. The maximum Gasteiger partial charge on any atom is 0.210 e. The fraction of sp³-hybridized carbons (Fsp3) is 0.400. The second-order valence-corrected chi connectivity index (χ2v) is 6.99. The van der Waals surface area contributed by atoms with E-state index in [0.717, 1.165) is 31.0 Å². The molecular weight excluding hydrogens is 315 g/mol. The zero-order chi connectivity index (χ0) is 16.8. The van der Waals surface area contributed by atoms with E-state index in [-0.39, 0.29) is 12.2 Å². The molecule has 2 saturated heterocycles. The third-order valence-electron chi connectivity index (χ3n) is 5.18. The Morgan fingerprint density at radius 1 is 0.880 bits per heavy atom. The van der Waals surface area contributed by atoms with E-state index in [1.54, 1.807) is 0 Å². The van der Waals surface area contributed by atoms with E-state index in [2.05, 4.69) is 43.3 Å². The summed E-state index contributed by atoms with van der Waals surface area (Å²) in [7, 11) is 0. The van der Waals surface area contributed by atoms with Crippen molar-refractivity contribution in [3.05, 3.63) is 36.4 Å². The molecule has 3 aliphatic rings. The first kappa shape index (κ1) is 15.3. The highest BCUT2D eigenvalue weighted by Crippen LogP contribution is 2.31. The van der Waals surface area contributed by atoms with Crippen LogP contribution in [0.5, 0.6) is 11.5 Å². The van der Waals surface area contributed by atoms with Crippen LogP contribution in [0.25, 0.3) is 11.1 Å². The van der Waals surface area contributed by atoms with Gasteiger partial charge in [-0.1, -0.05) is 36.3 Å². The fourth-order valence-corrected chi connectivity index (χ4v) is 3.64. The summed E-state index contributed by atoms with van der Waals surface area (Å²) in [6.07, 6.45) is 1.63. The molecule has 0 N–H and O–H groups in total. The van der Waals surface area contributed by atoms with Crippen LogP contribution in [0.1, 0.15) is 6.92 Å². The molecule has 0 saturated carbocycles. The van der Waals surface area contributed by atoms with Crippen molar-refractivity contribution in [2.24, 2.45) is 0 Å². The first-order valence-electron chi connectivity index (χ1n) is 9.09. The number of epoxide rings is 2. The summed E-state index contributed by atoms with van der Waals surface area (Å²) in [4.78, 5) is 0. The Morgan fingerprint density at radius 2 is 1.36 bits per heavy atom. The lowest BCUT2D eigenvalue weighted by Crippen LogP contribution is -2.36. The number of hydrogen-bond donors (Lipinski definition) is 0. The molecule has 2 unspecified atom stereocenters. The number of ether oxygens (including phenoxy) is 4. The molecule has 4 nitrogen and oxygen atoms in total. The Bertz CT molecular complexity index is 733. The summed E-state index contributed by atoms with van der Waals surface area (Å²) in [6.45, 7) is 5.59. The van der Waals surface area contributed by atoms with Gasteiger partial charge < -0.3 is 18.9 Å². The molecule has 0 radical (unpaired) electrons. The Hall–Kier alpha value is -1.98. The van der Waals surface area contributed by atoms with Gasteiger partial charge in [-0.25, -0.2) is 0 Å². The fourth-order valence-electron chi connectivity index (χ4n) is 3.64. The summed E-state index contributed by atoms with van der Waals surface area (Å²) in [5.41, 5.74) is 5.30. The maximum absolute atomic E-state index is 5.88. The third kappa shape index (κ3) is 3.03. The van der Waals surface area contributed by atoms with Gasteiger partial charge in [0.15, 0.2) is 0 Å². The van der Waals surface area contributed by atoms with Gasteiger partial charge in [0.1, 0.15) is 36.9 Å². The van der Waals surface area contributed by atoms with Crippen LogP contribution >= 0.6 is 0 Å². The van der Waals surface area contributed by atoms with Crippen LogP contribution in [0.4, 0.5) is 0 Å². The van der Waals surface area contributed by atoms with Gasteiger partial charge >= 0.3 is 0 Å². The number of benzene rings is 2. The van der Waals surface area contributed by atoms with Gasteiger partial charge in [-0.05, 0) is 35.4 Å². The van der Waals surface area contributed by atoms with Crippen molar-refractivity contribution < 1.29 is 18.9 Å². The molecule has 2 aromatic rings. The Balaban J connectivity index is 1.45. The van der Waals surface area contributed by atoms with E-state index < -0.39 is 0 Å². The average molecular weight is 336 g/mol. The molecule has 0 bridgehead atoms. The third-order valence-corrected chi connectivity index (χ3v) is 5.18. The van der Waals surface area contributed by atoms with E-state index in [1.807, 2.05) is 0 Å². The topological polar surface area (TPSA) is 43.5 Å². The molecule has 0 aliphatic carbocycles. The van der Waals surface area contributed by atoms with E-state index in [4.69, 9.17) is 18.9 Å². The molecule has 2 atom stereocenters. The van der Waals surface area contributed by atoms with E-state index >= 15 is 0 Å². The molecule has 25 heavy (non-hydrogen) atoms. The minimum Gasteiger partial charge on any atom is -0.491 e. The first-order chi connectivity index (χ1) is 12.3. The Kier molecular flexibility index (Phi) is 3.72. The minimum atomic E-state index is 0.272. The highest BCUT2D eigenvalue weighted by molar-refractivity contribution is 6.89. The number of rotatable bonds is 7. The quantitative estimate of drug-likeness (QED) is 0.572. The van der Waals surface area contributed by atoms with E-state index in [9.17, 15) is 0 Å². The normalized spacial score (nSPS) is 22.4. The highest BCUT2D eigenvalue weighted by Gasteiger charge is 2.31. The van der Waals surface area contributed by atoms with Crippen molar-refractivity contribution >= 4 is 17.6 Å². The van der Waals surface area contributed by atoms with Gasteiger partial charge in [0.25, 0.3) is 0 Å². The average Bonchev–Trinajstić information content (AvgIpc) is 3.55. The minimum absolute atomic E-state index is 0.272. The van der Waals surface area contributed by atoms with Crippen LogP contribution in [0.15, 0.2) is 36.4 Å². The van der Waals surface area contributed by atoms with Crippen molar-refractivity contribution in [1.29, 1.82) is 0 Å². The van der Waals surface area contributed by atoms with Gasteiger partial charge in [-0.2, -0.15) is 0 Å². The standard InChI is InChI=1S/C20H21BO4/c1-2-21-19-5-3-13(22-9-15-11-24-15)7-17(19)18-8-14(4-6-20(18)21)23-10-16-12-25-16/h3-8,15-16H,2,9-12H2,1H3. The molecular formula is C20H21BO4. The molecule has 0 amide bonds. The van der Waals surface area contributed by atoms with Crippen LogP contribution in [0.3, 0.4) is 0 Å². The SMILES string of the molecule is CCB1c2ccc(OCC3CO3)cc2-c2cc(OCC3CO3)ccc21. The summed E-state index contributed by atoms with van der Waals surface area (Å²) < 4.78 is 22.2. The largest absolute Gasteiger partial charge is 0.491 e. The van der Waals surface area contributed by atoms with Gasteiger partial charge in [0.05, 0.1) is 13.2 Å². The van der Waals surface area contributed by atoms with Crippen molar-refractivity contribution in [1.82, 2.24) is 0 Å². The summed E-state index contributed by atoms with van der Waals surface area (Å²) in [6, 6.07) is 12.9. The van der Waals surface area contributed by atoms with Crippen molar-refractivity contribution in [3.63, 3.8) is 0 Å². The Labute approximate surface area is 148 Å². The predicted molar refractivity (Wildman–Crippen MR) is 97.9 cm³/mol. The van der Waals surface area contributed by atoms with Crippen LogP contribution in [0, 0.1) is 0 Å². The summed E-state index contributed by atoms with van der Waals surface area (Å²) >= 11 is 0. The summed E-state index contributed by atoms with van der Waals surface area (Å²) in [5, 5.41) is 0. The van der Waals surface area contributed by atoms with Crippen LogP contribution in [0.2, 0.25) is 6.32 Å². The van der Waals surface area contributed by atoms with Crippen molar-refractivity contribution in [2.45, 2.75) is 25.5 Å². The van der Waals surface area contributed by atoms with Crippen molar-refractivity contribution in [2.75, 3.05) is 26.4 Å². The zero-order valence-electron chi connectivity index (χ0n) is 14.4. The number of hydrogen-bond acceptors (Lipinski definition) is 4. The number of fused-ring (bicyclic) bond motifs is 3. The Morgan fingerprint density at radius 3 is 1.76 bits per heavy atom.